The maximum absolute atomic E-state index is 11.3. The number of phenols is 1. The summed E-state index contributed by atoms with van der Waals surface area (Å²) in [7, 11) is 1.27. The van der Waals surface area contributed by atoms with E-state index in [-0.39, 0.29) is 11.3 Å². The van der Waals surface area contributed by atoms with Gasteiger partial charge in [0, 0.05) is 0 Å². The molecule has 4 nitrogen and oxygen atoms in total. The molecule has 1 aromatic heterocycles. The maximum atomic E-state index is 11.3. The van der Waals surface area contributed by atoms with Gasteiger partial charge in [0.1, 0.15) is 16.9 Å². The molecule has 2 rings (SSSR count). The van der Waals surface area contributed by atoms with Crippen molar-refractivity contribution in [2.45, 2.75) is 6.92 Å². The number of ether oxygens (including phenoxy) is 1. The predicted molar refractivity (Wildman–Crippen MR) is 54.0 cm³/mol. The van der Waals surface area contributed by atoms with Gasteiger partial charge in [0.15, 0.2) is 0 Å². The summed E-state index contributed by atoms with van der Waals surface area (Å²) in [6.07, 6.45) is 1.53. The van der Waals surface area contributed by atoms with E-state index in [1.54, 1.807) is 13.0 Å². The first kappa shape index (κ1) is 9.58. The molecule has 0 aliphatic carbocycles. The largest absolute Gasteiger partial charge is 0.506 e. The molecule has 0 unspecified atom stereocenters. The molecular weight excluding hydrogens is 196 g/mol. The number of methoxy groups -OCH3 is 1. The zero-order valence-corrected chi connectivity index (χ0v) is 8.40. The van der Waals surface area contributed by atoms with E-state index in [2.05, 4.69) is 4.74 Å². The normalized spacial score (nSPS) is 10.5. The fourth-order valence-corrected chi connectivity index (χ4v) is 1.54. The van der Waals surface area contributed by atoms with Gasteiger partial charge in [0.05, 0.1) is 18.8 Å². The van der Waals surface area contributed by atoms with Crippen LogP contribution < -0.4 is 0 Å². The molecule has 0 fully saturated rings. The SMILES string of the molecule is COC(=O)c1ccc2occ(C)c2c1O. The molecule has 0 atom stereocenters. The molecule has 0 bridgehead atoms. The van der Waals surface area contributed by atoms with Crippen molar-refractivity contribution in [3.05, 3.63) is 29.5 Å². The molecule has 1 heterocycles. The summed E-state index contributed by atoms with van der Waals surface area (Å²) in [4.78, 5) is 11.3. The second-order valence-electron chi connectivity index (χ2n) is 3.25. The molecule has 15 heavy (non-hydrogen) atoms. The quantitative estimate of drug-likeness (QED) is 0.727. The van der Waals surface area contributed by atoms with Crippen molar-refractivity contribution in [2.24, 2.45) is 0 Å². The third kappa shape index (κ3) is 1.34. The lowest BCUT2D eigenvalue weighted by atomic mass is 10.1. The molecule has 78 valence electrons. The van der Waals surface area contributed by atoms with Crippen molar-refractivity contribution in [1.29, 1.82) is 0 Å². The average molecular weight is 206 g/mol. The lowest BCUT2D eigenvalue weighted by molar-refractivity contribution is 0.0598. The van der Waals surface area contributed by atoms with Crippen LogP contribution in [-0.2, 0) is 4.74 Å². The fraction of sp³-hybridized carbons (Fsp3) is 0.182. The highest BCUT2D eigenvalue weighted by Gasteiger charge is 2.16. The molecule has 0 aliphatic rings. The number of fused-ring (bicyclic) bond motifs is 1. The first-order valence-corrected chi connectivity index (χ1v) is 4.43. The average Bonchev–Trinajstić information content (AvgIpc) is 2.61. The fourth-order valence-electron chi connectivity index (χ4n) is 1.54. The molecule has 0 amide bonds. The Balaban J connectivity index is 2.74. The summed E-state index contributed by atoms with van der Waals surface area (Å²) in [6.45, 7) is 1.80. The van der Waals surface area contributed by atoms with Gasteiger partial charge in [-0.2, -0.15) is 0 Å². The minimum Gasteiger partial charge on any atom is -0.506 e. The van der Waals surface area contributed by atoms with Crippen LogP contribution in [0.2, 0.25) is 0 Å². The topological polar surface area (TPSA) is 59.7 Å². The van der Waals surface area contributed by atoms with Crippen molar-refractivity contribution >= 4 is 16.9 Å². The molecule has 1 N–H and O–H groups in total. The highest BCUT2D eigenvalue weighted by Crippen LogP contribution is 2.32. The lowest BCUT2D eigenvalue weighted by Crippen LogP contribution is -2.01. The maximum Gasteiger partial charge on any atom is 0.341 e. The third-order valence-electron chi connectivity index (χ3n) is 2.30. The van der Waals surface area contributed by atoms with Gasteiger partial charge in [-0.3, -0.25) is 0 Å². The van der Waals surface area contributed by atoms with E-state index in [1.807, 2.05) is 0 Å². The van der Waals surface area contributed by atoms with Crippen LogP contribution in [0.3, 0.4) is 0 Å². The number of furan rings is 1. The number of esters is 1. The van der Waals surface area contributed by atoms with Crippen LogP contribution in [0.25, 0.3) is 11.0 Å². The standard InChI is InChI=1S/C11H10O4/c1-6-5-15-8-4-3-7(11(13)14-2)10(12)9(6)8/h3-5,12H,1-2H3. The van der Waals surface area contributed by atoms with Crippen LogP contribution in [0.15, 0.2) is 22.8 Å². The van der Waals surface area contributed by atoms with Crippen LogP contribution in [0.4, 0.5) is 0 Å². The Morgan fingerprint density at radius 1 is 1.47 bits per heavy atom. The summed E-state index contributed by atoms with van der Waals surface area (Å²) >= 11 is 0. The Bertz CT molecular complexity index is 525. The van der Waals surface area contributed by atoms with E-state index in [0.717, 1.165) is 5.56 Å². The van der Waals surface area contributed by atoms with Gasteiger partial charge < -0.3 is 14.3 Å². The highest BCUT2D eigenvalue weighted by atomic mass is 16.5. The monoisotopic (exact) mass is 206 g/mol. The molecule has 0 aliphatic heterocycles. The van der Waals surface area contributed by atoms with E-state index in [0.29, 0.717) is 11.0 Å². The highest BCUT2D eigenvalue weighted by molar-refractivity contribution is 6.00. The van der Waals surface area contributed by atoms with Crippen LogP contribution >= 0.6 is 0 Å². The molecular formula is C11H10O4. The van der Waals surface area contributed by atoms with Crippen molar-refractivity contribution in [3.63, 3.8) is 0 Å². The minimum absolute atomic E-state index is 0.0920. The number of hydrogen-bond acceptors (Lipinski definition) is 4. The van der Waals surface area contributed by atoms with E-state index in [4.69, 9.17) is 4.42 Å². The van der Waals surface area contributed by atoms with E-state index < -0.39 is 5.97 Å². The lowest BCUT2D eigenvalue weighted by Gasteiger charge is -2.03. The second-order valence-corrected chi connectivity index (χ2v) is 3.25. The third-order valence-corrected chi connectivity index (χ3v) is 2.30. The van der Waals surface area contributed by atoms with Crippen molar-refractivity contribution in [2.75, 3.05) is 7.11 Å². The number of aryl methyl sites for hydroxylation is 1. The van der Waals surface area contributed by atoms with Crippen LogP contribution in [0.1, 0.15) is 15.9 Å². The Hall–Kier alpha value is -1.97. The first-order valence-electron chi connectivity index (χ1n) is 4.43. The van der Waals surface area contributed by atoms with Gasteiger partial charge >= 0.3 is 5.97 Å². The summed E-state index contributed by atoms with van der Waals surface area (Å²) in [5.41, 5.74) is 1.49. The number of carbonyl (C=O) groups excluding carboxylic acids is 1. The first-order chi connectivity index (χ1) is 7.15. The number of benzene rings is 1. The Labute approximate surface area is 86.1 Å². The van der Waals surface area contributed by atoms with Gasteiger partial charge in [-0.15, -0.1) is 0 Å². The molecule has 0 saturated heterocycles. The van der Waals surface area contributed by atoms with Crippen molar-refractivity contribution < 1.29 is 19.1 Å². The van der Waals surface area contributed by atoms with Crippen molar-refractivity contribution in [3.8, 4) is 5.75 Å². The molecule has 1 aromatic carbocycles. The molecule has 0 spiro atoms. The number of rotatable bonds is 1. The summed E-state index contributed by atoms with van der Waals surface area (Å²) in [5, 5.41) is 10.4. The summed E-state index contributed by atoms with van der Waals surface area (Å²) in [6, 6.07) is 3.11. The molecule has 0 saturated carbocycles. The Kier molecular flexibility index (Phi) is 2.11. The zero-order chi connectivity index (χ0) is 11.0. The Morgan fingerprint density at radius 3 is 2.87 bits per heavy atom. The van der Waals surface area contributed by atoms with Crippen LogP contribution in [0, 0.1) is 6.92 Å². The van der Waals surface area contributed by atoms with Crippen molar-refractivity contribution in [1.82, 2.24) is 0 Å². The number of phenolic OH excluding ortho intramolecular Hbond substituents is 1. The molecule has 4 heteroatoms. The number of aromatic hydroxyl groups is 1. The van der Waals surface area contributed by atoms with E-state index >= 15 is 0 Å². The predicted octanol–water partition coefficient (Wildman–Crippen LogP) is 2.23. The molecule has 0 radical (unpaired) electrons. The summed E-state index contributed by atoms with van der Waals surface area (Å²) in [5.74, 6) is -0.652. The molecule has 2 aromatic rings. The van der Waals surface area contributed by atoms with Gasteiger partial charge in [-0.05, 0) is 24.6 Å². The van der Waals surface area contributed by atoms with E-state index in [1.165, 1.54) is 19.4 Å². The summed E-state index contributed by atoms with van der Waals surface area (Å²) < 4.78 is 9.74. The number of hydrogen-bond donors (Lipinski definition) is 1. The minimum atomic E-state index is -0.560. The zero-order valence-electron chi connectivity index (χ0n) is 8.40. The Morgan fingerprint density at radius 2 is 2.20 bits per heavy atom. The van der Waals surface area contributed by atoms with E-state index in [9.17, 15) is 9.90 Å². The van der Waals surface area contributed by atoms with Gasteiger partial charge in [0.25, 0.3) is 0 Å². The van der Waals surface area contributed by atoms with Gasteiger partial charge in [0.2, 0.25) is 0 Å². The smallest absolute Gasteiger partial charge is 0.341 e. The number of carbonyl (C=O) groups is 1. The second kappa shape index (κ2) is 3.31. The van der Waals surface area contributed by atoms with Gasteiger partial charge in [-0.1, -0.05) is 0 Å². The van der Waals surface area contributed by atoms with Crippen LogP contribution in [0.5, 0.6) is 5.75 Å². The van der Waals surface area contributed by atoms with Crippen LogP contribution in [-0.4, -0.2) is 18.2 Å². The van der Waals surface area contributed by atoms with Gasteiger partial charge in [-0.25, -0.2) is 4.79 Å².